The van der Waals surface area contributed by atoms with Crippen LogP contribution in [0.15, 0.2) is 29.3 Å². The molecule has 2 aromatic rings. The maximum atomic E-state index is 12.6. The average Bonchev–Trinajstić information content (AvgIpc) is 3.05. The van der Waals surface area contributed by atoms with Gasteiger partial charge in [0.1, 0.15) is 10.8 Å². The summed E-state index contributed by atoms with van der Waals surface area (Å²) in [6.45, 7) is 1.97. The van der Waals surface area contributed by atoms with Crippen molar-refractivity contribution in [2.24, 2.45) is 0 Å². The quantitative estimate of drug-likeness (QED) is 0.814. The minimum atomic E-state index is -1.11. The molecule has 0 amide bonds. The smallest absolute Gasteiger partial charge is 0.227 e. The number of aromatic nitrogens is 2. The summed E-state index contributed by atoms with van der Waals surface area (Å²) in [6.07, 6.45) is 9.41. The highest BCUT2D eigenvalue weighted by atomic mass is 32.2. The lowest BCUT2D eigenvalue weighted by atomic mass is 9.76. The van der Waals surface area contributed by atoms with Gasteiger partial charge in [0.15, 0.2) is 5.82 Å². The van der Waals surface area contributed by atoms with Crippen LogP contribution in [0.25, 0.3) is 0 Å². The topological polar surface area (TPSA) is 69.6 Å². The van der Waals surface area contributed by atoms with E-state index in [0.29, 0.717) is 11.8 Å². The number of hydrogen-bond donors (Lipinski definition) is 1. The number of nitrogens with zero attached hydrogens (tertiary/aromatic N) is 4. The van der Waals surface area contributed by atoms with Crippen LogP contribution in [0.2, 0.25) is 0 Å². The summed E-state index contributed by atoms with van der Waals surface area (Å²) in [5, 5.41) is 10.0. The van der Waals surface area contributed by atoms with E-state index in [0.717, 1.165) is 61.9 Å². The number of anilines is 2. The van der Waals surface area contributed by atoms with Crippen molar-refractivity contribution in [1.29, 1.82) is 0 Å². The summed E-state index contributed by atoms with van der Waals surface area (Å²) >= 11 is 0. The van der Waals surface area contributed by atoms with Gasteiger partial charge in [-0.25, -0.2) is 4.98 Å². The monoisotopic (exact) mass is 424 g/mol. The number of fused-ring (bicyclic) bond motifs is 2. The van der Waals surface area contributed by atoms with Gasteiger partial charge in [-0.2, -0.15) is 4.98 Å². The third kappa shape index (κ3) is 2.82. The van der Waals surface area contributed by atoms with Crippen LogP contribution >= 0.6 is 0 Å². The lowest BCUT2D eigenvalue weighted by Gasteiger charge is -2.47. The van der Waals surface area contributed by atoms with Crippen molar-refractivity contribution in [2.45, 2.75) is 61.3 Å². The molecule has 6 rings (SSSR count). The van der Waals surface area contributed by atoms with Crippen molar-refractivity contribution in [2.75, 3.05) is 35.4 Å². The molecule has 1 aromatic carbocycles. The van der Waals surface area contributed by atoms with Crippen molar-refractivity contribution in [1.82, 2.24) is 9.97 Å². The number of aryl methyl sites for hydroxylation is 2. The van der Waals surface area contributed by atoms with Crippen LogP contribution in [-0.4, -0.2) is 50.4 Å². The second-order valence-corrected chi connectivity index (χ2v) is 10.7. The van der Waals surface area contributed by atoms with Crippen LogP contribution in [0, 0.1) is 0 Å². The molecule has 1 saturated carbocycles. The van der Waals surface area contributed by atoms with Gasteiger partial charge in [-0.15, -0.1) is 0 Å². The Morgan fingerprint density at radius 1 is 1.17 bits per heavy atom. The van der Waals surface area contributed by atoms with Crippen LogP contribution in [0.4, 0.5) is 11.8 Å². The maximum absolute atomic E-state index is 12.6. The summed E-state index contributed by atoms with van der Waals surface area (Å²) in [6, 6.07) is 7.06. The first kappa shape index (κ1) is 18.8. The fraction of sp³-hybridized carbons (Fsp3) is 0.565. The molecule has 0 bridgehead atoms. The molecule has 3 heterocycles. The lowest BCUT2D eigenvalue weighted by Crippen LogP contribution is -2.56. The minimum absolute atomic E-state index is 0.0924. The van der Waals surface area contributed by atoms with E-state index in [1.165, 1.54) is 24.0 Å². The Morgan fingerprint density at radius 2 is 1.97 bits per heavy atom. The normalized spacial score (nSPS) is 24.8. The average molecular weight is 425 g/mol. The standard InChI is InChI=1S/C23H28N4O2S/c28-14-23(8-1-9-23)27-15-30(29)20-13-24-22(25-21(20)27)26-10-6-17(7-11-26)19-5-3-16-2-4-18(16)12-19/h3,5,12-13,17,28H,1-2,4,6-11,14-15H2. The van der Waals surface area contributed by atoms with E-state index in [2.05, 4.69) is 33.0 Å². The van der Waals surface area contributed by atoms with E-state index in [4.69, 9.17) is 4.98 Å². The number of hydrogen-bond acceptors (Lipinski definition) is 6. The van der Waals surface area contributed by atoms with Gasteiger partial charge in [-0.05, 0) is 67.6 Å². The zero-order valence-corrected chi connectivity index (χ0v) is 18.0. The van der Waals surface area contributed by atoms with Gasteiger partial charge < -0.3 is 14.9 Å². The molecule has 4 aliphatic rings. The van der Waals surface area contributed by atoms with Crippen molar-refractivity contribution >= 4 is 22.6 Å². The first-order valence-electron chi connectivity index (χ1n) is 11.2. The predicted molar refractivity (Wildman–Crippen MR) is 117 cm³/mol. The van der Waals surface area contributed by atoms with E-state index in [1.807, 2.05) is 0 Å². The molecule has 2 aliphatic heterocycles. The Kier molecular flexibility index (Phi) is 4.39. The molecule has 30 heavy (non-hydrogen) atoms. The van der Waals surface area contributed by atoms with E-state index >= 15 is 0 Å². The Morgan fingerprint density at radius 3 is 2.60 bits per heavy atom. The van der Waals surface area contributed by atoms with Crippen LogP contribution < -0.4 is 9.80 Å². The largest absolute Gasteiger partial charge is 0.394 e. The zero-order chi connectivity index (χ0) is 20.3. The molecule has 7 heteroatoms. The van der Waals surface area contributed by atoms with Crippen LogP contribution in [0.5, 0.6) is 0 Å². The van der Waals surface area contributed by atoms with Crippen molar-refractivity contribution in [3.8, 4) is 0 Å². The fourth-order valence-electron chi connectivity index (χ4n) is 5.45. The number of aliphatic hydroxyl groups is 1. The van der Waals surface area contributed by atoms with E-state index in [1.54, 1.807) is 11.8 Å². The van der Waals surface area contributed by atoms with Gasteiger partial charge in [0.2, 0.25) is 5.95 Å². The van der Waals surface area contributed by atoms with E-state index < -0.39 is 10.8 Å². The van der Waals surface area contributed by atoms with Crippen LogP contribution in [0.1, 0.15) is 54.7 Å². The highest BCUT2D eigenvalue weighted by Gasteiger charge is 2.47. The van der Waals surface area contributed by atoms with Crippen LogP contribution in [-0.2, 0) is 23.6 Å². The van der Waals surface area contributed by atoms with Crippen LogP contribution in [0.3, 0.4) is 0 Å². The van der Waals surface area contributed by atoms with Gasteiger partial charge in [0, 0.05) is 13.1 Å². The Bertz CT molecular complexity index is 1010. The molecular weight excluding hydrogens is 396 g/mol. The van der Waals surface area contributed by atoms with Crippen molar-refractivity contribution in [3.63, 3.8) is 0 Å². The van der Waals surface area contributed by atoms with Gasteiger partial charge in [-0.3, -0.25) is 4.21 Å². The summed E-state index contributed by atoms with van der Waals surface area (Å²) in [7, 11) is -1.11. The highest BCUT2D eigenvalue weighted by molar-refractivity contribution is 7.85. The maximum Gasteiger partial charge on any atom is 0.227 e. The fourth-order valence-corrected chi connectivity index (χ4v) is 6.75. The summed E-state index contributed by atoms with van der Waals surface area (Å²) < 4.78 is 12.6. The molecule has 1 N–H and O–H groups in total. The molecule has 1 saturated heterocycles. The summed E-state index contributed by atoms with van der Waals surface area (Å²) in [4.78, 5) is 14.5. The highest BCUT2D eigenvalue weighted by Crippen LogP contribution is 2.44. The second kappa shape index (κ2) is 7.02. The van der Waals surface area contributed by atoms with Gasteiger partial charge in [0.05, 0.1) is 29.1 Å². The number of rotatable bonds is 4. The first-order valence-corrected chi connectivity index (χ1v) is 12.5. The third-order valence-electron chi connectivity index (χ3n) is 7.77. The third-order valence-corrected chi connectivity index (χ3v) is 9.04. The molecule has 1 unspecified atom stereocenters. The van der Waals surface area contributed by atoms with Crippen molar-refractivity contribution < 1.29 is 9.32 Å². The molecular formula is C23H28N4O2S. The molecule has 1 aromatic heterocycles. The lowest BCUT2D eigenvalue weighted by molar-refractivity contribution is 0.119. The van der Waals surface area contributed by atoms with Gasteiger partial charge >= 0.3 is 0 Å². The molecule has 2 aliphatic carbocycles. The summed E-state index contributed by atoms with van der Waals surface area (Å²) in [5.41, 5.74) is 4.27. The van der Waals surface area contributed by atoms with Crippen molar-refractivity contribution in [3.05, 3.63) is 41.1 Å². The molecule has 2 fully saturated rings. The number of aliphatic hydroxyl groups excluding tert-OH is 1. The van der Waals surface area contributed by atoms with E-state index in [9.17, 15) is 9.32 Å². The molecule has 0 spiro atoms. The minimum Gasteiger partial charge on any atom is -0.394 e. The first-order chi connectivity index (χ1) is 14.7. The second-order valence-electron chi connectivity index (χ2n) is 9.29. The number of piperidine rings is 1. The van der Waals surface area contributed by atoms with Gasteiger partial charge in [0.25, 0.3) is 0 Å². The molecule has 6 nitrogen and oxygen atoms in total. The summed E-state index contributed by atoms with van der Waals surface area (Å²) in [5.74, 6) is 2.55. The zero-order valence-electron chi connectivity index (χ0n) is 17.2. The molecule has 1 atom stereocenters. The molecule has 0 radical (unpaired) electrons. The predicted octanol–water partition coefficient (Wildman–Crippen LogP) is 2.76. The molecule has 158 valence electrons. The van der Waals surface area contributed by atoms with E-state index in [-0.39, 0.29) is 12.1 Å². The Balaban J connectivity index is 1.21. The Labute approximate surface area is 179 Å². The number of benzene rings is 1. The van der Waals surface area contributed by atoms with Gasteiger partial charge in [-0.1, -0.05) is 18.2 Å². The SMILES string of the molecule is O=S1CN(C2(CO)CCC2)c2nc(N3CCC(c4ccc5c(c4)CC5)CC3)ncc21. The Hall–Kier alpha value is -1.99.